The van der Waals surface area contributed by atoms with E-state index in [1.54, 1.807) is 6.92 Å². The molecule has 0 radical (unpaired) electrons. The first-order valence-electron chi connectivity index (χ1n) is 10.9. The van der Waals surface area contributed by atoms with E-state index >= 15 is 0 Å². The maximum absolute atomic E-state index is 11.3. The Labute approximate surface area is 159 Å². The Hall–Kier alpha value is -1.18. The number of carbonyl (C=O) groups excluding carboxylic acids is 2. The van der Waals surface area contributed by atoms with E-state index in [4.69, 9.17) is 0 Å². The molecule has 4 aliphatic rings. The molecule has 0 unspecified atom stereocenters. The minimum absolute atomic E-state index is 0.297. The van der Waals surface area contributed by atoms with Gasteiger partial charge in [-0.2, -0.15) is 0 Å². The molecule has 0 atom stereocenters. The van der Waals surface area contributed by atoms with Crippen LogP contribution in [0.15, 0.2) is 23.3 Å². The lowest BCUT2D eigenvalue weighted by molar-refractivity contribution is -0.114. The molecule has 2 heteroatoms. The van der Waals surface area contributed by atoms with Crippen LogP contribution in [0, 0.1) is 10.8 Å². The maximum atomic E-state index is 11.3. The van der Waals surface area contributed by atoms with E-state index in [1.165, 1.54) is 89.0 Å². The molecule has 2 fully saturated rings. The average molecular weight is 357 g/mol. The topological polar surface area (TPSA) is 34.1 Å². The van der Waals surface area contributed by atoms with Crippen molar-refractivity contribution >= 4 is 12.1 Å². The highest BCUT2D eigenvalue weighted by molar-refractivity contribution is 5.93. The van der Waals surface area contributed by atoms with Crippen molar-refractivity contribution in [2.75, 3.05) is 0 Å². The summed E-state index contributed by atoms with van der Waals surface area (Å²) in [6.07, 6.45) is 24.7. The van der Waals surface area contributed by atoms with Gasteiger partial charge < -0.3 is 4.79 Å². The molecule has 0 aliphatic heterocycles. The zero-order chi connectivity index (χ0) is 18.5. The number of aldehydes is 1. The van der Waals surface area contributed by atoms with Gasteiger partial charge in [0.2, 0.25) is 0 Å². The highest BCUT2D eigenvalue weighted by Gasteiger charge is 2.35. The van der Waals surface area contributed by atoms with E-state index in [0.29, 0.717) is 23.0 Å². The first-order chi connectivity index (χ1) is 12.6. The quantitative estimate of drug-likeness (QED) is 0.427. The Morgan fingerprint density at radius 1 is 1.00 bits per heavy atom. The number of allylic oxidation sites excluding steroid dienone is 4. The summed E-state index contributed by atoms with van der Waals surface area (Å²) in [5, 5.41) is 0. The van der Waals surface area contributed by atoms with Gasteiger partial charge in [-0.1, -0.05) is 43.4 Å². The summed E-state index contributed by atoms with van der Waals surface area (Å²) in [6.45, 7) is 1.71. The molecule has 0 amide bonds. The fourth-order valence-corrected chi connectivity index (χ4v) is 5.93. The molecule has 0 heterocycles. The standard InChI is InChI=1S/2C12H18O/c1-10(13)11-5-4-8-12(9-11)6-2-3-7-12;13-9-5-11-4-3-8-12(10-11)6-1-2-7-12/h9H,2-8H2,1H3;4,9H,1-3,5-8,10H2. The zero-order valence-corrected chi connectivity index (χ0v) is 16.7. The molecule has 2 saturated carbocycles. The van der Waals surface area contributed by atoms with Crippen molar-refractivity contribution in [2.45, 2.75) is 103 Å². The number of Topliss-reactive ketones (excluding diaryl/α,β-unsaturated/α-hetero) is 1. The minimum Gasteiger partial charge on any atom is -0.303 e. The number of rotatable bonds is 3. The monoisotopic (exact) mass is 356 g/mol. The van der Waals surface area contributed by atoms with Crippen LogP contribution in [0.25, 0.3) is 0 Å². The number of hydrogen-bond donors (Lipinski definition) is 0. The van der Waals surface area contributed by atoms with Crippen LogP contribution in [0.4, 0.5) is 0 Å². The van der Waals surface area contributed by atoms with E-state index < -0.39 is 0 Å². The Balaban J connectivity index is 0.000000151. The SMILES string of the molecule is CC(=O)C1=CC2(CCCC2)CCC1.O=CCC1=CCCC2(CCCC2)C1. The van der Waals surface area contributed by atoms with Crippen molar-refractivity contribution < 1.29 is 9.59 Å². The zero-order valence-electron chi connectivity index (χ0n) is 16.7. The molecule has 26 heavy (non-hydrogen) atoms. The number of hydrogen-bond acceptors (Lipinski definition) is 2. The second-order valence-corrected chi connectivity index (χ2v) is 9.30. The van der Waals surface area contributed by atoms with E-state index in [1.807, 2.05) is 0 Å². The van der Waals surface area contributed by atoms with Crippen molar-refractivity contribution in [3.8, 4) is 0 Å². The number of carbonyl (C=O) groups is 2. The molecule has 2 nitrogen and oxygen atoms in total. The molecule has 0 bridgehead atoms. The molecule has 0 aromatic carbocycles. The smallest absolute Gasteiger partial charge is 0.155 e. The molecule has 4 rings (SSSR count). The van der Waals surface area contributed by atoms with E-state index in [2.05, 4.69) is 12.2 Å². The van der Waals surface area contributed by atoms with Gasteiger partial charge >= 0.3 is 0 Å². The molecular formula is C24H36O2. The summed E-state index contributed by atoms with van der Waals surface area (Å²) in [5.74, 6) is 0.297. The Kier molecular flexibility index (Phi) is 6.53. The first kappa shape index (κ1) is 19.6. The largest absolute Gasteiger partial charge is 0.303 e. The van der Waals surface area contributed by atoms with Crippen LogP contribution in [0.3, 0.4) is 0 Å². The van der Waals surface area contributed by atoms with Crippen LogP contribution in [-0.2, 0) is 9.59 Å². The fraction of sp³-hybridized carbons (Fsp3) is 0.750. The van der Waals surface area contributed by atoms with Gasteiger partial charge in [0.15, 0.2) is 5.78 Å². The fourth-order valence-electron chi connectivity index (χ4n) is 5.93. The average Bonchev–Trinajstić information content (AvgIpc) is 3.26. The lowest BCUT2D eigenvalue weighted by Gasteiger charge is -2.33. The summed E-state index contributed by atoms with van der Waals surface area (Å²) in [5.41, 5.74) is 3.57. The summed E-state index contributed by atoms with van der Waals surface area (Å²) in [6, 6.07) is 0. The minimum atomic E-state index is 0.297. The summed E-state index contributed by atoms with van der Waals surface area (Å²) in [7, 11) is 0. The van der Waals surface area contributed by atoms with Gasteiger partial charge in [-0.05, 0) is 87.5 Å². The van der Waals surface area contributed by atoms with Crippen molar-refractivity contribution in [1.29, 1.82) is 0 Å². The van der Waals surface area contributed by atoms with Gasteiger partial charge in [-0.3, -0.25) is 4.79 Å². The van der Waals surface area contributed by atoms with E-state index in [-0.39, 0.29) is 0 Å². The summed E-state index contributed by atoms with van der Waals surface area (Å²) < 4.78 is 0. The van der Waals surface area contributed by atoms with Crippen LogP contribution in [0.1, 0.15) is 103 Å². The number of ketones is 1. The van der Waals surface area contributed by atoms with Gasteiger partial charge in [-0.15, -0.1) is 0 Å². The third-order valence-corrected chi connectivity index (χ3v) is 7.37. The van der Waals surface area contributed by atoms with Crippen molar-refractivity contribution in [3.05, 3.63) is 23.3 Å². The van der Waals surface area contributed by atoms with E-state index in [9.17, 15) is 9.59 Å². The molecule has 0 saturated heterocycles. The molecule has 0 aromatic rings. The predicted octanol–water partition coefficient (Wildman–Crippen LogP) is 6.49. The summed E-state index contributed by atoms with van der Waals surface area (Å²) in [4.78, 5) is 21.7. The van der Waals surface area contributed by atoms with Crippen molar-refractivity contribution in [1.82, 2.24) is 0 Å². The van der Waals surface area contributed by atoms with Gasteiger partial charge in [0.1, 0.15) is 6.29 Å². The maximum Gasteiger partial charge on any atom is 0.155 e. The molecule has 0 aromatic heterocycles. The molecule has 2 spiro atoms. The van der Waals surface area contributed by atoms with E-state index in [0.717, 1.165) is 18.3 Å². The van der Waals surface area contributed by atoms with Gasteiger partial charge in [0, 0.05) is 6.42 Å². The van der Waals surface area contributed by atoms with Crippen LogP contribution < -0.4 is 0 Å². The van der Waals surface area contributed by atoms with Gasteiger partial charge in [0.05, 0.1) is 0 Å². The highest BCUT2D eigenvalue weighted by atomic mass is 16.1. The predicted molar refractivity (Wildman–Crippen MR) is 107 cm³/mol. The Morgan fingerprint density at radius 3 is 2.31 bits per heavy atom. The van der Waals surface area contributed by atoms with Crippen molar-refractivity contribution in [2.24, 2.45) is 10.8 Å². The second-order valence-electron chi connectivity index (χ2n) is 9.30. The third kappa shape index (κ3) is 4.75. The first-order valence-corrected chi connectivity index (χ1v) is 10.9. The third-order valence-electron chi connectivity index (χ3n) is 7.37. The van der Waals surface area contributed by atoms with Gasteiger partial charge in [0.25, 0.3) is 0 Å². The molecule has 4 aliphatic carbocycles. The van der Waals surface area contributed by atoms with Crippen molar-refractivity contribution in [3.63, 3.8) is 0 Å². The van der Waals surface area contributed by atoms with Crippen LogP contribution in [0.5, 0.6) is 0 Å². The summed E-state index contributed by atoms with van der Waals surface area (Å²) >= 11 is 0. The van der Waals surface area contributed by atoms with Crippen LogP contribution >= 0.6 is 0 Å². The second kappa shape index (κ2) is 8.67. The molecule has 0 N–H and O–H groups in total. The lowest BCUT2D eigenvalue weighted by atomic mass is 9.72. The van der Waals surface area contributed by atoms with Gasteiger partial charge in [-0.25, -0.2) is 0 Å². The Bertz CT molecular complexity index is 569. The molecular weight excluding hydrogens is 320 g/mol. The molecule has 144 valence electrons. The highest BCUT2D eigenvalue weighted by Crippen LogP contribution is 2.49. The van der Waals surface area contributed by atoms with Crippen LogP contribution in [-0.4, -0.2) is 12.1 Å². The van der Waals surface area contributed by atoms with Crippen LogP contribution in [0.2, 0.25) is 0 Å². The lowest BCUT2D eigenvalue weighted by Crippen LogP contribution is -2.20. The normalized spacial score (nSPS) is 26.0. The Morgan fingerprint density at radius 2 is 1.65 bits per heavy atom.